The molecule has 2 aliphatic rings. The van der Waals surface area contributed by atoms with Gasteiger partial charge in [0.2, 0.25) is 0 Å². The Balaban J connectivity index is 2.07. The molecule has 0 aromatic rings. The van der Waals surface area contributed by atoms with Gasteiger partial charge in [0.15, 0.2) is 0 Å². The summed E-state index contributed by atoms with van der Waals surface area (Å²) in [6.45, 7) is 4.98. The monoisotopic (exact) mass is 232 g/mol. The lowest BCUT2D eigenvalue weighted by molar-refractivity contribution is 0.264. The molecule has 2 rings (SSSR count). The summed E-state index contributed by atoms with van der Waals surface area (Å²) in [6, 6.07) is 0. The van der Waals surface area contributed by atoms with Gasteiger partial charge in [-0.3, -0.25) is 0 Å². The van der Waals surface area contributed by atoms with Crippen LogP contribution in [0.15, 0.2) is 0 Å². The Morgan fingerprint density at radius 3 is 2.20 bits per heavy atom. The van der Waals surface area contributed by atoms with E-state index in [0.717, 1.165) is 25.7 Å². The first-order valence-electron chi connectivity index (χ1n) is 5.86. The Morgan fingerprint density at radius 1 is 1.00 bits per heavy atom. The van der Waals surface area contributed by atoms with E-state index in [1.54, 1.807) is 8.61 Å². The summed E-state index contributed by atoms with van der Waals surface area (Å²) in [5.41, 5.74) is 0. The first-order chi connectivity index (χ1) is 7.10. The van der Waals surface area contributed by atoms with Crippen LogP contribution < -0.4 is 0 Å². The van der Waals surface area contributed by atoms with Crippen LogP contribution in [0.3, 0.4) is 0 Å². The average molecular weight is 232 g/mol. The highest BCUT2D eigenvalue weighted by molar-refractivity contribution is 7.86. The predicted octanol–water partition coefficient (Wildman–Crippen LogP) is 1.06. The normalized spacial score (nSPS) is 30.9. The van der Waals surface area contributed by atoms with Crippen molar-refractivity contribution in [1.29, 1.82) is 0 Å². The Hall–Kier alpha value is -0.130. The summed E-state index contributed by atoms with van der Waals surface area (Å²) in [5.74, 6) is 0.510. The SMILES string of the molecule is CC1CCCN(S(=O)(=O)N2CCCC2)C1. The molecule has 88 valence electrons. The van der Waals surface area contributed by atoms with Crippen LogP contribution in [-0.4, -0.2) is 43.2 Å². The van der Waals surface area contributed by atoms with E-state index in [2.05, 4.69) is 6.92 Å². The maximum absolute atomic E-state index is 12.2. The predicted molar refractivity (Wildman–Crippen MR) is 59.7 cm³/mol. The van der Waals surface area contributed by atoms with Crippen LogP contribution in [0.2, 0.25) is 0 Å². The molecule has 1 unspecified atom stereocenters. The second kappa shape index (κ2) is 4.39. The van der Waals surface area contributed by atoms with Crippen LogP contribution in [0.4, 0.5) is 0 Å². The van der Waals surface area contributed by atoms with E-state index >= 15 is 0 Å². The van der Waals surface area contributed by atoms with Gasteiger partial charge >= 0.3 is 0 Å². The van der Waals surface area contributed by atoms with Gasteiger partial charge in [0.05, 0.1) is 0 Å². The first kappa shape index (κ1) is 11.4. The third-order valence-electron chi connectivity index (χ3n) is 3.34. The van der Waals surface area contributed by atoms with Crippen molar-refractivity contribution in [2.75, 3.05) is 26.2 Å². The molecule has 1 atom stereocenters. The maximum Gasteiger partial charge on any atom is 0.281 e. The number of nitrogens with zero attached hydrogens (tertiary/aromatic N) is 2. The van der Waals surface area contributed by atoms with Crippen LogP contribution in [0, 0.1) is 5.92 Å². The van der Waals surface area contributed by atoms with Gasteiger partial charge in [0.1, 0.15) is 0 Å². The van der Waals surface area contributed by atoms with Crippen molar-refractivity contribution in [2.45, 2.75) is 32.6 Å². The second-order valence-electron chi connectivity index (χ2n) is 4.72. The molecule has 2 heterocycles. The van der Waals surface area contributed by atoms with Gasteiger partial charge in [-0.05, 0) is 31.6 Å². The smallest absolute Gasteiger partial charge is 0.195 e. The van der Waals surface area contributed by atoms with E-state index in [1.807, 2.05) is 0 Å². The van der Waals surface area contributed by atoms with Gasteiger partial charge in [-0.15, -0.1) is 0 Å². The van der Waals surface area contributed by atoms with Crippen molar-refractivity contribution in [3.05, 3.63) is 0 Å². The number of hydrogen-bond acceptors (Lipinski definition) is 2. The quantitative estimate of drug-likeness (QED) is 0.714. The summed E-state index contributed by atoms with van der Waals surface area (Å²) in [6.07, 6.45) is 4.20. The van der Waals surface area contributed by atoms with Crippen LogP contribution in [0.25, 0.3) is 0 Å². The molecular formula is C10H20N2O2S. The van der Waals surface area contributed by atoms with E-state index < -0.39 is 10.2 Å². The molecule has 0 bridgehead atoms. The summed E-state index contributed by atoms with van der Waals surface area (Å²) in [5, 5.41) is 0. The van der Waals surface area contributed by atoms with Crippen LogP contribution >= 0.6 is 0 Å². The lowest BCUT2D eigenvalue weighted by Gasteiger charge is -2.32. The Kier molecular flexibility index (Phi) is 3.33. The van der Waals surface area contributed by atoms with E-state index in [-0.39, 0.29) is 0 Å². The van der Waals surface area contributed by atoms with E-state index in [9.17, 15) is 8.42 Å². The highest BCUT2D eigenvalue weighted by Gasteiger charge is 2.33. The molecule has 0 saturated carbocycles. The molecule has 0 N–H and O–H groups in total. The molecule has 0 amide bonds. The lowest BCUT2D eigenvalue weighted by Crippen LogP contribution is -2.46. The lowest BCUT2D eigenvalue weighted by atomic mass is 10.0. The fraction of sp³-hybridized carbons (Fsp3) is 1.00. The fourth-order valence-electron chi connectivity index (χ4n) is 2.44. The second-order valence-corrected chi connectivity index (χ2v) is 6.65. The molecule has 2 fully saturated rings. The standard InChI is InChI=1S/C10H20N2O2S/c1-10-5-4-8-12(9-10)15(13,14)11-6-2-3-7-11/h10H,2-9H2,1H3. The summed E-state index contributed by atoms with van der Waals surface area (Å²) < 4.78 is 27.7. The fourth-order valence-corrected chi connectivity index (χ4v) is 4.29. The van der Waals surface area contributed by atoms with Gasteiger partial charge in [0.25, 0.3) is 10.2 Å². The zero-order chi connectivity index (χ0) is 10.9. The van der Waals surface area contributed by atoms with E-state index in [4.69, 9.17) is 0 Å². The number of rotatable bonds is 2. The third kappa shape index (κ3) is 2.34. The minimum atomic E-state index is -3.13. The molecule has 0 aromatic heterocycles. The molecule has 0 aliphatic carbocycles. The summed E-state index contributed by atoms with van der Waals surface area (Å²) >= 11 is 0. The zero-order valence-electron chi connectivity index (χ0n) is 9.35. The first-order valence-corrected chi connectivity index (χ1v) is 7.25. The summed E-state index contributed by atoms with van der Waals surface area (Å²) in [7, 11) is -3.13. The van der Waals surface area contributed by atoms with Crippen molar-refractivity contribution in [2.24, 2.45) is 5.92 Å². The van der Waals surface area contributed by atoms with Gasteiger partial charge in [-0.2, -0.15) is 17.0 Å². The molecule has 0 aromatic carbocycles. The molecule has 0 spiro atoms. The van der Waals surface area contributed by atoms with Gasteiger partial charge < -0.3 is 0 Å². The molecular weight excluding hydrogens is 212 g/mol. The van der Waals surface area contributed by atoms with E-state index in [0.29, 0.717) is 32.1 Å². The van der Waals surface area contributed by atoms with Gasteiger partial charge in [-0.1, -0.05) is 6.92 Å². The Morgan fingerprint density at radius 2 is 1.60 bits per heavy atom. The molecule has 0 radical (unpaired) electrons. The van der Waals surface area contributed by atoms with E-state index in [1.165, 1.54) is 0 Å². The summed E-state index contributed by atoms with van der Waals surface area (Å²) in [4.78, 5) is 0. The van der Waals surface area contributed by atoms with Gasteiger partial charge in [0, 0.05) is 26.2 Å². The van der Waals surface area contributed by atoms with Crippen molar-refractivity contribution < 1.29 is 8.42 Å². The van der Waals surface area contributed by atoms with Crippen LogP contribution in [0.5, 0.6) is 0 Å². The minimum Gasteiger partial charge on any atom is -0.195 e. The van der Waals surface area contributed by atoms with Crippen molar-refractivity contribution >= 4 is 10.2 Å². The maximum atomic E-state index is 12.2. The van der Waals surface area contributed by atoms with Crippen LogP contribution in [0.1, 0.15) is 32.6 Å². The third-order valence-corrected chi connectivity index (χ3v) is 5.34. The van der Waals surface area contributed by atoms with Crippen LogP contribution in [-0.2, 0) is 10.2 Å². The highest BCUT2D eigenvalue weighted by atomic mass is 32.2. The minimum absolute atomic E-state index is 0.510. The zero-order valence-corrected chi connectivity index (χ0v) is 10.2. The number of hydrogen-bond donors (Lipinski definition) is 0. The Labute approximate surface area is 92.4 Å². The average Bonchev–Trinajstić information content (AvgIpc) is 2.71. The largest absolute Gasteiger partial charge is 0.281 e. The van der Waals surface area contributed by atoms with Crippen molar-refractivity contribution in [3.63, 3.8) is 0 Å². The highest BCUT2D eigenvalue weighted by Crippen LogP contribution is 2.22. The van der Waals surface area contributed by atoms with Gasteiger partial charge in [-0.25, -0.2) is 0 Å². The molecule has 2 saturated heterocycles. The van der Waals surface area contributed by atoms with Crippen molar-refractivity contribution in [1.82, 2.24) is 8.61 Å². The molecule has 5 heteroatoms. The molecule has 15 heavy (non-hydrogen) atoms. The topological polar surface area (TPSA) is 40.6 Å². The Bertz CT molecular complexity index is 309. The molecule has 4 nitrogen and oxygen atoms in total. The van der Waals surface area contributed by atoms with Crippen molar-refractivity contribution in [3.8, 4) is 0 Å². The molecule has 2 aliphatic heterocycles. The number of piperidine rings is 1.